The predicted octanol–water partition coefficient (Wildman–Crippen LogP) is 2.10. The quantitative estimate of drug-likeness (QED) is 0.646. The summed E-state index contributed by atoms with van der Waals surface area (Å²) in [7, 11) is 0. The predicted molar refractivity (Wildman–Crippen MR) is 50.5 cm³/mol. The van der Waals surface area contributed by atoms with Crippen LogP contribution >= 0.6 is 0 Å². The topological polar surface area (TPSA) is 54.4 Å². The second-order valence-electron chi connectivity index (χ2n) is 3.68. The van der Waals surface area contributed by atoms with Crippen molar-refractivity contribution < 1.29 is 14.7 Å². The normalized spacial score (nSPS) is 12.9. The molecule has 0 aromatic rings. The summed E-state index contributed by atoms with van der Waals surface area (Å²) in [6.07, 6.45) is 1.87. The number of aliphatic carboxylic acids is 1. The smallest absolute Gasteiger partial charge is 0.372 e. The summed E-state index contributed by atoms with van der Waals surface area (Å²) in [4.78, 5) is 21.0. The maximum atomic E-state index is 10.8. The number of carboxylic acids is 1. The average Bonchev–Trinajstić information content (AvgIpc) is 2.04. The molecule has 0 rings (SSSR count). The van der Waals surface area contributed by atoms with Gasteiger partial charge in [-0.3, -0.25) is 4.79 Å². The largest absolute Gasteiger partial charge is 0.476 e. The maximum Gasteiger partial charge on any atom is 0.372 e. The zero-order chi connectivity index (χ0) is 10.4. The molecule has 0 radical (unpaired) electrons. The van der Waals surface area contributed by atoms with Gasteiger partial charge in [-0.1, -0.05) is 27.2 Å². The number of Topliss-reactive ketones (excluding diaryl/α,β-unsaturated/α-hetero) is 1. The van der Waals surface area contributed by atoms with E-state index in [4.69, 9.17) is 5.11 Å². The number of rotatable bonds is 6. The molecule has 0 spiro atoms. The van der Waals surface area contributed by atoms with E-state index >= 15 is 0 Å². The zero-order valence-corrected chi connectivity index (χ0v) is 8.54. The van der Waals surface area contributed by atoms with Crippen molar-refractivity contribution in [3.63, 3.8) is 0 Å². The summed E-state index contributed by atoms with van der Waals surface area (Å²) in [5.41, 5.74) is 0. The SMILES string of the molecule is CCC(CCC(=O)C(=O)O)C(C)C. The summed E-state index contributed by atoms with van der Waals surface area (Å²) in [5, 5.41) is 8.36. The fourth-order valence-electron chi connectivity index (χ4n) is 1.43. The Morgan fingerprint density at radius 3 is 2.15 bits per heavy atom. The van der Waals surface area contributed by atoms with Crippen molar-refractivity contribution in [2.75, 3.05) is 0 Å². The van der Waals surface area contributed by atoms with E-state index in [1.165, 1.54) is 0 Å². The molecule has 13 heavy (non-hydrogen) atoms. The Balaban J connectivity index is 3.85. The molecule has 0 fully saturated rings. The van der Waals surface area contributed by atoms with Gasteiger partial charge in [0, 0.05) is 6.42 Å². The van der Waals surface area contributed by atoms with Crippen molar-refractivity contribution >= 4 is 11.8 Å². The first-order valence-electron chi connectivity index (χ1n) is 4.75. The molecule has 3 nitrogen and oxygen atoms in total. The van der Waals surface area contributed by atoms with Gasteiger partial charge in [-0.15, -0.1) is 0 Å². The third kappa shape index (κ3) is 4.65. The Morgan fingerprint density at radius 1 is 1.31 bits per heavy atom. The molecular formula is C10H18O3. The molecule has 1 N–H and O–H groups in total. The minimum absolute atomic E-state index is 0.173. The van der Waals surface area contributed by atoms with Gasteiger partial charge in [-0.25, -0.2) is 4.79 Å². The van der Waals surface area contributed by atoms with E-state index in [1.807, 2.05) is 0 Å². The van der Waals surface area contributed by atoms with E-state index in [0.717, 1.165) is 6.42 Å². The van der Waals surface area contributed by atoms with Crippen LogP contribution < -0.4 is 0 Å². The molecule has 0 aromatic heterocycles. The first kappa shape index (κ1) is 12.1. The van der Waals surface area contributed by atoms with Crippen molar-refractivity contribution in [3.05, 3.63) is 0 Å². The van der Waals surface area contributed by atoms with Crippen molar-refractivity contribution in [1.82, 2.24) is 0 Å². The van der Waals surface area contributed by atoms with Crippen LogP contribution in [0.5, 0.6) is 0 Å². The maximum absolute atomic E-state index is 10.8. The van der Waals surface area contributed by atoms with Crippen LogP contribution in [0.3, 0.4) is 0 Å². The van der Waals surface area contributed by atoms with E-state index in [0.29, 0.717) is 18.3 Å². The molecule has 0 aliphatic rings. The molecule has 0 aliphatic carbocycles. The van der Waals surface area contributed by atoms with Crippen LogP contribution in [-0.4, -0.2) is 16.9 Å². The fraction of sp³-hybridized carbons (Fsp3) is 0.800. The molecule has 0 saturated heterocycles. The third-order valence-corrected chi connectivity index (χ3v) is 2.45. The van der Waals surface area contributed by atoms with Gasteiger partial charge < -0.3 is 5.11 Å². The fourth-order valence-corrected chi connectivity index (χ4v) is 1.43. The Morgan fingerprint density at radius 2 is 1.85 bits per heavy atom. The van der Waals surface area contributed by atoms with Crippen LogP contribution in [0.4, 0.5) is 0 Å². The minimum Gasteiger partial charge on any atom is -0.476 e. The van der Waals surface area contributed by atoms with Crippen LogP contribution in [0.15, 0.2) is 0 Å². The number of carboxylic acid groups (broad SMARTS) is 1. The van der Waals surface area contributed by atoms with Gasteiger partial charge in [0.2, 0.25) is 5.78 Å². The van der Waals surface area contributed by atoms with Crippen LogP contribution in [0, 0.1) is 11.8 Å². The van der Waals surface area contributed by atoms with Gasteiger partial charge in [0.05, 0.1) is 0 Å². The lowest BCUT2D eigenvalue weighted by atomic mass is 9.88. The molecule has 0 heterocycles. The summed E-state index contributed by atoms with van der Waals surface area (Å²) in [5.74, 6) is -0.993. The molecule has 3 heteroatoms. The Hall–Kier alpha value is -0.860. The highest BCUT2D eigenvalue weighted by Gasteiger charge is 2.16. The van der Waals surface area contributed by atoms with Crippen molar-refractivity contribution in [3.8, 4) is 0 Å². The van der Waals surface area contributed by atoms with E-state index in [-0.39, 0.29) is 6.42 Å². The van der Waals surface area contributed by atoms with Crippen molar-refractivity contribution in [1.29, 1.82) is 0 Å². The van der Waals surface area contributed by atoms with Crippen LogP contribution in [0.25, 0.3) is 0 Å². The first-order chi connectivity index (χ1) is 5.99. The summed E-state index contributed by atoms with van der Waals surface area (Å²) >= 11 is 0. The van der Waals surface area contributed by atoms with Crippen LogP contribution in [0.2, 0.25) is 0 Å². The van der Waals surface area contributed by atoms with Gasteiger partial charge in [0.15, 0.2) is 0 Å². The summed E-state index contributed by atoms with van der Waals surface area (Å²) in [6, 6.07) is 0. The zero-order valence-electron chi connectivity index (χ0n) is 8.54. The molecule has 0 aliphatic heterocycles. The second kappa shape index (κ2) is 5.73. The average molecular weight is 186 g/mol. The molecular weight excluding hydrogens is 168 g/mol. The standard InChI is InChI=1S/C10H18O3/c1-4-8(7(2)3)5-6-9(11)10(12)13/h7-8H,4-6H2,1-3H3,(H,12,13). The Labute approximate surface area is 79.1 Å². The van der Waals surface area contributed by atoms with Gasteiger partial charge in [-0.2, -0.15) is 0 Å². The molecule has 0 aromatic carbocycles. The van der Waals surface area contributed by atoms with Crippen molar-refractivity contribution in [2.45, 2.75) is 40.0 Å². The summed E-state index contributed by atoms with van der Waals surface area (Å²) < 4.78 is 0. The number of hydrogen-bond donors (Lipinski definition) is 1. The molecule has 0 amide bonds. The lowest BCUT2D eigenvalue weighted by Gasteiger charge is -2.17. The molecule has 76 valence electrons. The highest BCUT2D eigenvalue weighted by Crippen LogP contribution is 2.20. The number of ketones is 1. The molecule has 1 unspecified atom stereocenters. The first-order valence-corrected chi connectivity index (χ1v) is 4.75. The Kier molecular flexibility index (Phi) is 5.35. The van der Waals surface area contributed by atoms with Crippen molar-refractivity contribution in [2.24, 2.45) is 11.8 Å². The second-order valence-corrected chi connectivity index (χ2v) is 3.68. The van der Waals surface area contributed by atoms with E-state index in [1.54, 1.807) is 0 Å². The molecule has 0 saturated carbocycles. The number of hydrogen-bond acceptors (Lipinski definition) is 2. The van der Waals surface area contributed by atoms with E-state index in [9.17, 15) is 9.59 Å². The molecule has 0 bridgehead atoms. The van der Waals surface area contributed by atoms with Gasteiger partial charge in [0.25, 0.3) is 0 Å². The Bertz CT molecular complexity index is 185. The van der Waals surface area contributed by atoms with Gasteiger partial charge in [-0.05, 0) is 18.3 Å². The van der Waals surface area contributed by atoms with E-state index in [2.05, 4.69) is 20.8 Å². The lowest BCUT2D eigenvalue weighted by molar-refractivity contribution is -0.149. The van der Waals surface area contributed by atoms with Gasteiger partial charge >= 0.3 is 5.97 Å². The highest BCUT2D eigenvalue weighted by atomic mass is 16.4. The number of carbonyl (C=O) groups is 2. The third-order valence-electron chi connectivity index (χ3n) is 2.45. The highest BCUT2D eigenvalue weighted by molar-refractivity contribution is 6.32. The minimum atomic E-state index is -1.31. The summed E-state index contributed by atoms with van der Waals surface area (Å²) in [6.45, 7) is 6.26. The monoisotopic (exact) mass is 186 g/mol. The van der Waals surface area contributed by atoms with Crippen LogP contribution in [-0.2, 0) is 9.59 Å². The molecule has 1 atom stereocenters. The lowest BCUT2D eigenvalue weighted by Crippen LogP contribution is -2.15. The van der Waals surface area contributed by atoms with Crippen LogP contribution in [0.1, 0.15) is 40.0 Å². The number of carbonyl (C=O) groups excluding carboxylic acids is 1. The van der Waals surface area contributed by atoms with Gasteiger partial charge in [0.1, 0.15) is 0 Å². The van der Waals surface area contributed by atoms with E-state index < -0.39 is 11.8 Å².